The SMILES string of the molecule is CCc1cc(Br)ccc1NCc1nncn1C. The lowest BCUT2D eigenvalue weighted by Crippen LogP contribution is -2.07. The molecule has 90 valence electrons. The minimum atomic E-state index is 0.686. The fourth-order valence-electron chi connectivity index (χ4n) is 1.67. The van der Waals surface area contributed by atoms with Crippen LogP contribution >= 0.6 is 15.9 Å². The molecule has 2 aromatic rings. The second-order valence-corrected chi connectivity index (χ2v) is 4.78. The molecule has 0 spiro atoms. The minimum Gasteiger partial charge on any atom is -0.378 e. The molecule has 0 aliphatic rings. The van der Waals surface area contributed by atoms with E-state index in [4.69, 9.17) is 0 Å². The van der Waals surface area contributed by atoms with Gasteiger partial charge in [-0.15, -0.1) is 10.2 Å². The highest BCUT2D eigenvalue weighted by atomic mass is 79.9. The zero-order chi connectivity index (χ0) is 12.3. The summed E-state index contributed by atoms with van der Waals surface area (Å²) in [7, 11) is 1.94. The third-order valence-corrected chi connectivity index (χ3v) is 3.18. The van der Waals surface area contributed by atoms with Crippen molar-refractivity contribution in [3.63, 3.8) is 0 Å². The first-order valence-corrected chi connectivity index (χ1v) is 6.35. The summed E-state index contributed by atoms with van der Waals surface area (Å²) in [6.45, 7) is 2.83. The van der Waals surface area contributed by atoms with Crippen molar-refractivity contribution >= 4 is 21.6 Å². The van der Waals surface area contributed by atoms with Crippen molar-refractivity contribution in [3.8, 4) is 0 Å². The Bertz CT molecular complexity index is 507. The van der Waals surface area contributed by atoms with Gasteiger partial charge in [-0.3, -0.25) is 0 Å². The van der Waals surface area contributed by atoms with Gasteiger partial charge in [0.1, 0.15) is 6.33 Å². The van der Waals surface area contributed by atoms with Gasteiger partial charge in [-0.2, -0.15) is 0 Å². The van der Waals surface area contributed by atoms with E-state index in [1.807, 2.05) is 17.7 Å². The maximum atomic E-state index is 4.05. The summed E-state index contributed by atoms with van der Waals surface area (Å²) in [6.07, 6.45) is 2.71. The largest absolute Gasteiger partial charge is 0.378 e. The molecule has 1 aromatic heterocycles. The fourth-order valence-corrected chi connectivity index (χ4v) is 2.08. The van der Waals surface area contributed by atoms with Crippen LogP contribution in [0.15, 0.2) is 29.0 Å². The van der Waals surface area contributed by atoms with Crippen molar-refractivity contribution < 1.29 is 0 Å². The van der Waals surface area contributed by atoms with Crippen LogP contribution in [0.1, 0.15) is 18.3 Å². The normalized spacial score (nSPS) is 10.5. The van der Waals surface area contributed by atoms with Gasteiger partial charge in [0.2, 0.25) is 0 Å². The number of hydrogen-bond donors (Lipinski definition) is 1. The highest BCUT2D eigenvalue weighted by molar-refractivity contribution is 9.10. The third kappa shape index (κ3) is 2.85. The van der Waals surface area contributed by atoms with Crippen molar-refractivity contribution in [2.45, 2.75) is 19.9 Å². The molecule has 0 radical (unpaired) electrons. The van der Waals surface area contributed by atoms with Gasteiger partial charge < -0.3 is 9.88 Å². The van der Waals surface area contributed by atoms with Crippen molar-refractivity contribution in [2.75, 3.05) is 5.32 Å². The molecule has 4 nitrogen and oxygen atoms in total. The molecule has 0 saturated carbocycles. The van der Waals surface area contributed by atoms with Crippen LogP contribution in [0.5, 0.6) is 0 Å². The standard InChI is InChI=1S/C12H15BrN4/c1-3-9-6-10(13)4-5-11(9)14-7-12-16-15-8-17(12)2/h4-6,8,14H,3,7H2,1-2H3. The van der Waals surface area contributed by atoms with Gasteiger partial charge >= 0.3 is 0 Å². The summed E-state index contributed by atoms with van der Waals surface area (Å²) in [5.41, 5.74) is 2.44. The lowest BCUT2D eigenvalue weighted by Gasteiger charge is -2.10. The number of anilines is 1. The van der Waals surface area contributed by atoms with Crippen molar-refractivity contribution in [1.82, 2.24) is 14.8 Å². The van der Waals surface area contributed by atoms with Crippen LogP contribution in [0.3, 0.4) is 0 Å². The van der Waals surface area contributed by atoms with Crippen LogP contribution in [-0.2, 0) is 20.0 Å². The molecule has 1 N–H and O–H groups in total. The monoisotopic (exact) mass is 294 g/mol. The van der Waals surface area contributed by atoms with Gasteiger partial charge in [-0.1, -0.05) is 22.9 Å². The number of nitrogens with zero attached hydrogens (tertiary/aromatic N) is 3. The number of aromatic nitrogens is 3. The molecule has 0 unspecified atom stereocenters. The summed E-state index contributed by atoms with van der Waals surface area (Å²) in [5.74, 6) is 0.926. The maximum absolute atomic E-state index is 4.05. The number of rotatable bonds is 4. The Morgan fingerprint density at radius 2 is 2.24 bits per heavy atom. The second-order valence-electron chi connectivity index (χ2n) is 3.87. The molecule has 1 heterocycles. The molecule has 0 bridgehead atoms. The topological polar surface area (TPSA) is 42.7 Å². The molecular formula is C12H15BrN4. The average molecular weight is 295 g/mol. The number of hydrogen-bond acceptors (Lipinski definition) is 3. The van der Waals surface area contributed by atoms with E-state index in [9.17, 15) is 0 Å². The minimum absolute atomic E-state index is 0.686. The van der Waals surface area contributed by atoms with Gasteiger partial charge in [0.15, 0.2) is 5.82 Å². The Balaban J connectivity index is 2.11. The zero-order valence-corrected chi connectivity index (χ0v) is 11.5. The van der Waals surface area contributed by atoms with E-state index in [1.54, 1.807) is 6.33 Å². The zero-order valence-electron chi connectivity index (χ0n) is 9.94. The molecule has 17 heavy (non-hydrogen) atoms. The summed E-state index contributed by atoms with van der Waals surface area (Å²) in [5, 5.41) is 11.3. The Labute approximate surface area is 109 Å². The van der Waals surface area contributed by atoms with Crippen molar-refractivity contribution in [3.05, 3.63) is 40.4 Å². The highest BCUT2D eigenvalue weighted by Gasteiger charge is 2.04. The van der Waals surface area contributed by atoms with Gasteiger partial charge in [-0.25, -0.2) is 0 Å². The third-order valence-electron chi connectivity index (χ3n) is 2.69. The predicted molar refractivity (Wildman–Crippen MR) is 71.8 cm³/mol. The first-order valence-electron chi connectivity index (χ1n) is 5.56. The van der Waals surface area contributed by atoms with Gasteiger partial charge in [-0.05, 0) is 30.2 Å². The van der Waals surface area contributed by atoms with Gasteiger partial charge in [0, 0.05) is 17.2 Å². The van der Waals surface area contributed by atoms with E-state index in [0.29, 0.717) is 6.54 Å². The van der Waals surface area contributed by atoms with Gasteiger partial charge in [0.05, 0.1) is 6.54 Å². The Hall–Kier alpha value is -1.36. The summed E-state index contributed by atoms with van der Waals surface area (Å²) in [6, 6.07) is 6.26. The molecule has 1 aromatic carbocycles. The van der Waals surface area contributed by atoms with Crippen LogP contribution in [0.4, 0.5) is 5.69 Å². The maximum Gasteiger partial charge on any atom is 0.151 e. The van der Waals surface area contributed by atoms with Crippen LogP contribution in [0, 0.1) is 0 Å². The summed E-state index contributed by atoms with van der Waals surface area (Å²) in [4.78, 5) is 0. The molecular weight excluding hydrogens is 280 g/mol. The van der Waals surface area contributed by atoms with Gasteiger partial charge in [0.25, 0.3) is 0 Å². The lowest BCUT2D eigenvalue weighted by molar-refractivity contribution is 0.811. The number of benzene rings is 1. The molecule has 0 atom stereocenters. The fraction of sp³-hybridized carbons (Fsp3) is 0.333. The Morgan fingerprint density at radius 3 is 2.88 bits per heavy atom. The summed E-state index contributed by atoms with van der Waals surface area (Å²) < 4.78 is 3.02. The molecule has 5 heteroatoms. The van der Waals surface area contributed by atoms with E-state index in [1.165, 1.54) is 5.56 Å². The number of halogens is 1. The lowest BCUT2D eigenvalue weighted by atomic mass is 10.1. The molecule has 0 amide bonds. The predicted octanol–water partition coefficient (Wildman–Crippen LogP) is 2.75. The number of nitrogens with one attached hydrogen (secondary N) is 1. The molecule has 0 aliphatic heterocycles. The van der Waals surface area contributed by atoms with Crippen LogP contribution in [0.25, 0.3) is 0 Å². The Morgan fingerprint density at radius 1 is 1.41 bits per heavy atom. The molecule has 0 fully saturated rings. The quantitative estimate of drug-likeness (QED) is 0.943. The van der Waals surface area contributed by atoms with E-state index >= 15 is 0 Å². The van der Waals surface area contributed by atoms with Crippen molar-refractivity contribution in [2.24, 2.45) is 7.05 Å². The second kappa shape index (κ2) is 5.31. The summed E-state index contributed by atoms with van der Waals surface area (Å²) >= 11 is 3.48. The first kappa shape index (κ1) is 12.1. The van der Waals surface area contributed by atoms with E-state index < -0.39 is 0 Å². The van der Waals surface area contributed by atoms with Crippen LogP contribution in [-0.4, -0.2) is 14.8 Å². The number of aryl methyl sites for hydroxylation is 2. The highest BCUT2D eigenvalue weighted by Crippen LogP contribution is 2.21. The van der Waals surface area contributed by atoms with Crippen LogP contribution < -0.4 is 5.32 Å². The average Bonchev–Trinajstić information content (AvgIpc) is 2.73. The smallest absolute Gasteiger partial charge is 0.151 e. The molecule has 0 saturated heterocycles. The molecule has 0 aliphatic carbocycles. The van der Waals surface area contributed by atoms with E-state index in [0.717, 1.165) is 22.4 Å². The van der Waals surface area contributed by atoms with E-state index in [-0.39, 0.29) is 0 Å². The van der Waals surface area contributed by atoms with E-state index in [2.05, 4.69) is 50.5 Å². The first-order chi connectivity index (χ1) is 8.20. The van der Waals surface area contributed by atoms with Crippen molar-refractivity contribution in [1.29, 1.82) is 0 Å². The Kier molecular flexibility index (Phi) is 3.78. The molecule has 2 rings (SSSR count). The van der Waals surface area contributed by atoms with Crippen LogP contribution in [0.2, 0.25) is 0 Å².